The van der Waals surface area contributed by atoms with Gasteiger partial charge in [0.15, 0.2) is 0 Å². The summed E-state index contributed by atoms with van der Waals surface area (Å²) in [5.41, 5.74) is 2.82. The summed E-state index contributed by atoms with van der Waals surface area (Å²) in [5.74, 6) is 0.391. The molecule has 3 aromatic rings. The fourth-order valence-electron chi connectivity index (χ4n) is 2.89. The van der Waals surface area contributed by atoms with Gasteiger partial charge in [-0.1, -0.05) is 49.7 Å². The molecule has 0 unspecified atom stereocenters. The van der Waals surface area contributed by atoms with Crippen molar-refractivity contribution >= 4 is 23.2 Å². The maximum atomic E-state index is 12.5. The van der Waals surface area contributed by atoms with E-state index in [1.165, 1.54) is 0 Å². The first-order valence-electron chi connectivity index (χ1n) is 10.1. The van der Waals surface area contributed by atoms with Crippen LogP contribution in [0.15, 0.2) is 78.9 Å². The van der Waals surface area contributed by atoms with E-state index in [1.54, 1.807) is 36.4 Å². The molecule has 154 valence electrons. The van der Waals surface area contributed by atoms with Crippen LogP contribution in [0.1, 0.15) is 35.7 Å². The maximum absolute atomic E-state index is 12.5. The van der Waals surface area contributed by atoms with Crippen LogP contribution in [0, 0.1) is 0 Å². The lowest BCUT2D eigenvalue weighted by Crippen LogP contribution is -2.15. The van der Waals surface area contributed by atoms with Gasteiger partial charge in [-0.3, -0.25) is 9.59 Å². The van der Waals surface area contributed by atoms with Crippen LogP contribution in [0.3, 0.4) is 0 Å². The van der Waals surface area contributed by atoms with Crippen molar-refractivity contribution in [2.45, 2.75) is 26.2 Å². The Morgan fingerprint density at radius 2 is 1.53 bits per heavy atom. The molecule has 0 bridgehead atoms. The second kappa shape index (κ2) is 10.8. The molecule has 30 heavy (non-hydrogen) atoms. The van der Waals surface area contributed by atoms with Crippen molar-refractivity contribution in [3.8, 4) is 5.75 Å². The minimum atomic E-state index is -0.211. The van der Waals surface area contributed by atoms with E-state index in [0.717, 1.165) is 18.4 Å². The predicted molar refractivity (Wildman–Crippen MR) is 120 cm³/mol. The Bertz CT molecular complexity index is 969. The van der Waals surface area contributed by atoms with Crippen molar-refractivity contribution in [3.63, 3.8) is 0 Å². The zero-order valence-corrected chi connectivity index (χ0v) is 17.1. The highest BCUT2D eigenvalue weighted by Gasteiger charge is 2.08. The SMILES string of the molecule is CCCCOc1cccc(C(=O)Nc2ccc(NC(=O)Cc3ccccc3)cc2)c1. The van der Waals surface area contributed by atoms with E-state index < -0.39 is 0 Å². The van der Waals surface area contributed by atoms with Gasteiger partial charge in [0.1, 0.15) is 5.75 Å². The highest BCUT2D eigenvalue weighted by Crippen LogP contribution is 2.18. The maximum Gasteiger partial charge on any atom is 0.255 e. The van der Waals surface area contributed by atoms with Crippen LogP contribution in [0.4, 0.5) is 11.4 Å². The normalized spacial score (nSPS) is 10.3. The van der Waals surface area contributed by atoms with Gasteiger partial charge in [-0.2, -0.15) is 0 Å². The van der Waals surface area contributed by atoms with E-state index >= 15 is 0 Å². The molecule has 5 heteroatoms. The number of carbonyl (C=O) groups is 2. The van der Waals surface area contributed by atoms with E-state index in [0.29, 0.717) is 35.7 Å². The Morgan fingerprint density at radius 1 is 0.833 bits per heavy atom. The molecule has 0 saturated carbocycles. The predicted octanol–water partition coefficient (Wildman–Crippen LogP) is 5.30. The summed E-state index contributed by atoms with van der Waals surface area (Å²) in [6.07, 6.45) is 2.35. The Labute approximate surface area is 177 Å². The first kappa shape index (κ1) is 21.1. The monoisotopic (exact) mass is 402 g/mol. The third-order valence-corrected chi connectivity index (χ3v) is 4.50. The molecule has 3 rings (SSSR count). The lowest BCUT2D eigenvalue weighted by Gasteiger charge is -2.10. The summed E-state index contributed by atoms with van der Waals surface area (Å²) >= 11 is 0. The van der Waals surface area contributed by atoms with Crippen LogP contribution in [0.2, 0.25) is 0 Å². The third kappa shape index (κ3) is 6.48. The average molecular weight is 402 g/mol. The number of carbonyl (C=O) groups excluding carboxylic acids is 2. The van der Waals surface area contributed by atoms with Crippen molar-refractivity contribution in [3.05, 3.63) is 90.0 Å². The Morgan fingerprint density at radius 3 is 2.23 bits per heavy atom. The minimum Gasteiger partial charge on any atom is -0.494 e. The summed E-state index contributed by atoms with van der Waals surface area (Å²) in [4.78, 5) is 24.7. The van der Waals surface area contributed by atoms with E-state index in [4.69, 9.17) is 4.74 Å². The van der Waals surface area contributed by atoms with Gasteiger partial charge in [0.2, 0.25) is 5.91 Å². The molecular formula is C25H26N2O3. The van der Waals surface area contributed by atoms with Gasteiger partial charge in [0.25, 0.3) is 5.91 Å². The summed E-state index contributed by atoms with van der Waals surface area (Å²) in [6.45, 7) is 2.74. The molecule has 0 aliphatic rings. The lowest BCUT2D eigenvalue weighted by atomic mass is 10.1. The van der Waals surface area contributed by atoms with Gasteiger partial charge in [-0.05, 0) is 54.4 Å². The number of unbranched alkanes of at least 4 members (excludes halogenated alkanes) is 1. The summed E-state index contributed by atoms with van der Waals surface area (Å²) in [5, 5.41) is 5.73. The average Bonchev–Trinajstić information content (AvgIpc) is 2.76. The lowest BCUT2D eigenvalue weighted by molar-refractivity contribution is -0.115. The minimum absolute atomic E-state index is 0.0853. The van der Waals surface area contributed by atoms with E-state index in [1.807, 2.05) is 42.5 Å². The third-order valence-electron chi connectivity index (χ3n) is 4.50. The van der Waals surface area contributed by atoms with Gasteiger partial charge in [0.05, 0.1) is 13.0 Å². The first-order valence-corrected chi connectivity index (χ1v) is 10.1. The van der Waals surface area contributed by atoms with Crippen LogP contribution in [-0.2, 0) is 11.2 Å². The summed E-state index contributed by atoms with van der Waals surface area (Å²) in [6, 6.07) is 23.8. The number of hydrogen-bond acceptors (Lipinski definition) is 3. The van der Waals surface area contributed by atoms with Crippen LogP contribution in [0.5, 0.6) is 5.75 Å². The Kier molecular flexibility index (Phi) is 7.61. The number of ether oxygens (including phenoxy) is 1. The fourth-order valence-corrected chi connectivity index (χ4v) is 2.89. The zero-order chi connectivity index (χ0) is 21.2. The van der Waals surface area contributed by atoms with Crippen molar-refractivity contribution in [1.29, 1.82) is 0 Å². The largest absolute Gasteiger partial charge is 0.494 e. The van der Waals surface area contributed by atoms with Gasteiger partial charge >= 0.3 is 0 Å². The smallest absolute Gasteiger partial charge is 0.255 e. The molecule has 0 heterocycles. The zero-order valence-electron chi connectivity index (χ0n) is 17.1. The number of anilines is 2. The van der Waals surface area contributed by atoms with E-state index in [9.17, 15) is 9.59 Å². The summed E-state index contributed by atoms with van der Waals surface area (Å²) < 4.78 is 5.66. The van der Waals surface area contributed by atoms with Crippen LogP contribution < -0.4 is 15.4 Å². The van der Waals surface area contributed by atoms with Gasteiger partial charge in [-0.15, -0.1) is 0 Å². The number of amides is 2. The standard InChI is InChI=1S/C25H26N2O3/c1-2-3-16-30-23-11-7-10-20(18-23)25(29)27-22-14-12-21(13-15-22)26-24(28)17-19-8-5-4-6-9-19/h4-15,18H,2-3,16-17H2,1H3,(H,26,28)(H,27,29). The molecule has 2 N–H and O–H groups in total. The molecule has 0 radical (unpaired) electrons. The quantitative estimate of drug-likeness (QED) is 0.477. The van der Waals surface area contributed by atoms with Crippen molar-refractivity contribution in [2.75, 3.05) is 17.2 Å². The molecule has 0 saturated heterocycles. The first-order chi connectivity index (χ1) is 14.6. The van der Waals surface area contributed by atoms with Gasteiger partial charge in [0, 0.05) is 16.9 Å². The molecular weight excluding hydrogens is 376 g/mol. The molecule has 0 spiro atoms. The molecule has 0 aromatic heterocycles. The highest BCUT2D eigenvalue weighted by atomic mass is 16.5. The molecule has 0 fully saturated rings. The van der Waals surface area contributed by atoms with E-state index in [2.05, 4.69) is 17.6 Å². The molecule has 5 nitrogen and oxygen atoms in total. The second-order valence-corrected chi connectivity index (χ2v) is 6.97. The molecule has 0 atom stereocenters. The molecule has 3 aromatic carbocycles. The van der Waals surface area contributed by atoms with E-state index in [-0.39, 0.29) is 11.8 Å². The van der Waals surface area contributed by atoms with Gasteiger partial charge in [-0.25, -0.2) is 0 Å². The molecule has 2 amide bonds. The van der Waals surface area contributed by atoms with Gasteiger partial charge < -0.3 is 15.4 Å². The van der Waals surface area contributed by atoms with Crippen molar-refractivity contribution in [2.24, 2.45) is 0 Å². The second-order valence-electron chi connectivity index (χ2n) is 6.97. The molecule has 0 aliphatic heterocycles. The van der Waals surface area contributed by atoms with Crippen LogP contribution in [0.25, 0.3) is 0 Å². The number of hydrogen-bond donors (Lipinski definition) is 2. The fraction of sp³-hybridized carbons (Fsp3) is 0.200. The number of rotatable bonds is 9. The number of nitrogens with one attached hydrogen (secondary N) is 2. The topological polar surface area (TPSA) is 67.4 Å². The van der Waals surface area contributed by atoms with Crippen molar-refractivity contribution in [1.82, 2.24) is 0 Å². The van der Waals surface area contributed by atoms with Crippen LogP contribution >= 0.6 is 0 Å². The highest BCUT2D eigenvalue weighted by molar-refractivity contribution is 6.04. The Hall–Kier alpha value is -3.60. The van der Waals surface area contributed by atoms with Crippen molar-refractivity contribution < 1.29 is 14.3 Å². The Balaban J connectivity index is 1.54. The summed E-state index contributed by atoms with van der Waals surface area (Å²) in [7, 11) is 0. The number of benzene rings is 3. The van der Waals surface area contributed by atoms with Crippen LogP contribution in [-0.4, -0.2) is 18.4 Å². The molecule has 0 aliphatic carbocycles.